The fourth-order valence-electron chi connectivity index (χ4n) is 1.77. The minimum Gasteiger partial charge on any atom is -0.396 e. The average Bonchev–Trinajstić information content (AvgIpc) is 2.32. The molecule has 0 fully saturated rings. The fraction of sp³-hybridized carbons (Fsp3) is 0.538. The summed E-state index contributed by atoms with van der Waals surface area (Å²) in [6, 6.07) is 4.91. The molecule has 0 aliphatic carbocycles. The Balaban J connectivity index is 2.69. The third-order valence-corrected chi connectivity index (χ3v) is 3.16. The van der Waals surface area contributed by atoms with Crippen molar-refractivity contribution in [2.45, 2.75) is 25.4 Å². The smallest absolute Gasteiger partial charge is 0.146 e. The number of aliphatic hydroxyl groups excluding tert-OH is 1. The van der Waals surface area contributed by atoms with E-state index < -0.39 is 11.4 Å². The van der Waals surface area contributed by atoms with Gasteiger partial charge in [0.2, 0.25) is 0 Å². The first-order valence-corrected chi connectivity index (χ1v) is 6.18. The van der Waals surface area contributed by atoms with Crippen LogP contribution in [0.4, 0.5) is 4.39 Å². The Hall–Kier alpha value is -0.680. The van der Waals surface area contributed by atoms with Crippen LogP contribution in [-0.4, -0.2) is 31.0 Å². The summed E-state index contributed by atoms with van der Waals surface area (Å²) < 4.78 is 18.8. The molecule has 0 amide bonds. The van der Waals surface area contributed by atoms with Gasteiger partial charge in [-0.2, -0.15) is 0 Å². The van der Waals surface area contributed by atoms with E-state index in [9.17, 15) is 4.39 Å². The predicted molar refractivity (Wildman–Crippen MR) is 70.2 cm³/mol. The normalized spacial score (nSPS) is 14.5. The quantitative estimate of drug-likeness (QED) is 0.803. The molecule has 0 bridgehead atoms. The summed E-state index contributed by atoms with van der Waals surface area (Å²) in [6.45, 7) is 2.75. The number of ether oxygens (including phenoxy) is 1. The second-order valence-electron chi connectivity index (χ2n) is 4.53. The summed E-state index contributed by atoms with van der Waals surface area (Å²) in [5, 5.41) is 12.3. The third-order valence-electron chi connectivity index (χ3n) is 2.86. The van der Waals surface area contributed by atoms with Crippen molar-refractivity contribution in [2.75, 3.05) is 20.3 Å². The number of nitrogens with one attached hydrogen (secondary N) is 1. The Morgan fingerprint density at radius 1 is 1.50 bits per heavy atom. The van der Waals surface area contributed by atoms with E-state index in [1.165, 1.54) is 6.07 Å². The number of hydrogen-bond donors (Lipinski definition) is 2. The number of aliphatic hydroxyl groups is 1. The molecule has 18 heavy (non-hydrogen) atoms. The molecule has 0 radical (unpaired) electrons. The van der Waals surface area contributed by atoms with E-state index in [2.05, 4.69) is 5.32 Å². The maximum Gasteiger partial charge on any atom is 0.146 e. The lowest BCUT2D eigenvalue weighted by Gasteiger charge is -2.29. The Kier molecular flexibility index (Phi) is 6.02. The molecular formula is C13H19ClFNO2. The topological polar surface area (TPSA) is 41.5 Å². The first-order chi connectivity index (χ1) is 8.52. The molecule has 0 unspecified atom stereocenters. The van der Waals surface area contributed by atoms with Crippen molar-refractivity contribution in [3.05, 3.63) is 34.6 Å². The molecule has 1 atom stereocenters. The third kappa shape index (κ3) is 4.21. The molecule has 2 N–H and O–H groups in total. The first-order valence-electron chi connectivity index (χ1n) is 5.80. The number of halogens is 2. The molecular weight excluding hydrogens is 257 g/mol. The molecule has 3 nitrogen and oxygen atoms in total. The first kappa shape index (κ1) is 15.4. The van der Waals surface area contributed by atoms with Gasteiger partial charge >= 0.3 is 0 Å². The minimum absolute atomic E-state index is 0.0465. The highest BCUT2D eigenvalue weighted by molar-refractivity contribution is 6.30. The summed E-state index contributed by atoms with van der Waals surface area (Å²) in [5.74, 6) is -0.407. The van der Waals surface area contributed by atoms with Crippen LogP contribution in [0.3, 0.4) is 0 Å². The monoisotopic (exact) mass is 275 g/mol. The van der Waals surface area contributed by atoms with Gasteiger partial charge in [-0.15, -0.1) is 0 Å². The van der Waals surface area contributed by atoms with Crippen LogP contribution in [0.15, 0.2) is 18.2 Å². The summed E-state index contributed by atoms with van der Waals surface area (Å²) in [7, 11) is 1.59. The zero-order chi connectivity index (χ0) is 13.6. The lowest BCUT2D eigenvalue weighted by atomic mass is 9.99. The fourth-order valence-corrected chi connectivity index (χ4v) is 1.96. The van der Waals surface area contributed by atoms with Gasteiger partial charge < -0.3 is 15.2 Å². The Morgan fingerprint density at radius 3 is 2.83 bits per heavy atom. The van der Waals surface area contributed by atoms with E-state index in [0.29, 0.717) is 25.1 Å². The molecule has 0 spiro atoms. The van der Waals surface area contributed by atoms with E-state index in [-0.39, 0.29) is 11.6 Å². The molecule has 0 saturated carbocycles. The molecule has 1 aromatic carbocycles. The van der Waals surface area contributed by atoms with Crippen LogP contribution in [0.2, 0.25) is 5.02 Å². The Morgan fingerprint density at radius 2 is 2.22 bits per heavy atom. The molecule has 0 aromatic heterocycles. The van der Waals surface area contributed by atoms with Gasteiger partial charge in [-0.25, -0.2) is 4.39 Å². The van der Waals surface area contributed by atoms with Crippen molar-refractivity contribution in [3.63, 3.8) is 0 Å². The number of methoxy groups -OCH3 is 1. The summed E-state index contributed by atoms with van der Waals surface area (Å²) in [6.07, 6.45) is 0.531. The van der Waals surface area contributed by atoms with Crippen LogP contribution < -0.4 is 5.32 Å². The molecule has 0 saturated heterocycles. The van der Waals surface area contributed by atoms with Crippen molar-refractivity contribution in [3.8, 4) is 0 Å². The van der Waals surface area contributed by atoms with E-state index in [1.54, 1.807) is 19.2 Å². The van der Waals surface area contributed by atoms with Crippen LogP contribution in [-0.2, 0) is 11.3 Å². The van der Waals surface area contributed by atoms with Gasteiger partial charge in [0.05, 0.1) is 11.6 Å². The van der Waals surface area contributed by atoms with Crippen LogP contribution in [0.5, 0.6) is 0 Å². The zero-order valence-electron chi connectivity index (χ0n) is 10.7. The van der Waals surface area contributed by atoms with E-state index in [0.717, 1.165) is 0 Å². The van der Waals surface area contributed by atoms with Gasteiger partial charge in [-0.05, 0) is 19.4 Å². The average molecular weight is 276 g/mol. The number of benzene rings is 1. The second kappa shape index (κ2) is 7.04. The van der Waals surface area contributed by atoms with Gasteiger partial charge in [0.25, 0.3) is 0 Å². The highest BCUT2D eigenvalue weighted by Crippen LogP contribution is 2.19. The molecule has 102 valence electrons. The van der Waals surface area contributed by atoms with Crippen LogP contribution in [0, 0.1) is 5.82 Å². The molecule has 1 aromatic rings. The second-order valence-corrected chi connectivity index (χ2v) is 4.94. The highest BCUT2D eigenvalue weighted by atomic mass is 35.5. The largest absolute Gasteiger partial charge is 0.396 e. The maximum absolute atomic E-state index is 13.7. The van der Waals surface area contributed by atoms with Crippen molar-refractivity contribution in [1.29, 1.82) is 0 Å². The van der Waals surface area contributed by atoms with Crippen LogP contribution in [0.25, 0.3) is 0 Å². The van der Waals surface area contributed by atoms with E-state index in [4.69, 9.17) is 21.4 Å². The van der Waals surface area contributed by atoms with Crippen LogP contribution >= 0.6 is 11.6 Å². The zero-order valence-corrected chi connectivity index (χ0v) is 11.4. The van der Waals surface area contributed by atoms with Gasteiger partial charge in [0, 0.05) is 31.4 Å². The van der Waals surface area contributed by atoms with Crippen molar-refractivity contribution >= 4 is 11.6 Å². The standard InChI is InChI=1S/C13H19ClFNO2/c1-13(6-7-17,9-18-2)16-8-10-4-3-5-11(14)12(10)15/h3-5,16-17H,6-9H2,1-2H3/t13-/m1/s1. The molecule has 5 heteroatoms. The Labute approximate surface area is 112 Å². The van der Waals surface area contributed by atoms with E-state index in [1.807, 2.05) is 6.92 Å². The highest BCUT2D eigenvalue weighted by Gasteiger charge is 2.23. The van der Waals surface area contributed by atoms with Crippen molar-refractivity contribution < 1.29 is 14.2 Å². The molecule has 0 aliphatic heterocycles. The van der Waals surface area contributed by atoms with Gasteiger partial charge in [-0.1, -0.05) is 23.7 Å². The van der Waals surface area contributed by atoms with Gasteiger partial charge in [0.15, 0.2) is 0 Å². The van der Waals surface area contributed by atoms with Gasteiger partial charge in [-0.3, -0.25) is 0 Å². The van der Waals surface area contributed by atoms with Crippen molar-refractivity contribution in [1.82, 2.24) is 5.32 Å². The maximum atomic E-state index is 13.7. The SMILES string of the molecule is COC[C@@](C)(CCO)NCc1cccc(Cl)c1F. The summed E-state index contributed by atoms with van der Waals surface area (Å²) >= 11 is 5.72. The summed E-state index contributed by atoms with van der Waals surface area (Å²) in [5.41, 5.74) is 0.112. The Bertz CT molecular complexity index is 381. The molecule has 1 rings (SSSR count). The lowest BCUT2D eigenvalue weighted by Crippen LogP contribution is -2.46. The van der Waals surface area contributed by atoms with Crippen LogP contribution in [0.1, 0.15) is 18.9 Å². The predicted octanol–water partition coefficient (Wildman–Crippen LogP) is 2.36. The van der Waals surface area contributed by atoms with E-state index >= 15 is 0 Å². The molecule has 0 heterocycles. The van der Waals surface area contributed by atoms with Gasteiger partial charge in [0.1, 0.15) is 5.82 Å². The summed E-state index contributed by atoms with van der Waals surface area (Å²) in [4.78, 5) is 0. The van der Waals surface area contributed by atoms with Crippen molar-refractivity contribution in [2.24, 2.45) is 0 Å². The number of hydrogen-bond acceptors (Lipinski definition) is 3. The minimum atomic E-state index is -0.407. The molecule has 0 aliphatic rings. The lowest BCUT2D eigenvalue weighted by molar-refractivity contribution is 0.0967. The number of rotatable bonds is 7.